The molecule has 0 spiro atoms. The highest BCUT2D eigenvalue weighted by Gasteiger charge is 2.40. The summed E-state index contributed by atoms with van der Waals surface area (Å²) in [6.45, 7) is 0.147. The molecular formula is C21H19F3N4O3. The van der Waals surface area contributed by atoms with E-state index in [1.807, 2.05) is 0 Å². The molecule has 1 aliphatic rings. The molecule has 2 aromatic heterocycles. The quantitative estimate of drug-likeness (QED) is 0.622. The number of hydrogen-bond acceptors (Lipinski definition) is 5. The number of ether oxygens (including phenoxy) is 1. The second-order valence-electron chi connectivity index (χ2n) is 7.48. The molecule has 0 atom stereocenters. The largest absolute Gasteiger partial charge is 0.438 e. The molecular weight excluding hydrogens is 413 g/mol. The van der Waals surface area contributed by atoms with Crippen molar-refractivity contribution < 1.29 is 27.8 Å². The van der Waals surface area contributed by atoms with Crippen molar-refractivity contribution in [2.45, 2.75) is 24.6 Å². The molecule has 4 rings (SSSR count). The molecule has 0 unspecified atom stereocenters. The molecule has 1 aliphatic carbocycles. The monoisotopic (exact) mass is 432 g/mol. The maximum atomic E-state index is 12.8. The molecule has 0 saturated heterocycles. The van der Waals surface area contributed by atoms with Gasteiger partial charge in [0.15, 0.2) is 0 Å². The van der Waals surface area contributed by atoms with Crippen molar-refractivity contribution in [3.05, 3.63) is 59.9 Å². The number of alkyl halides is 3. The number of nitrogens with one attached hydrogen (secondary N) is 1. The Morgan fingerprint density at radius 3 is 2.55 bits per heavy atom. The minimum Gasteiger partial charge on any atom is -0.438 e. The van der Waals surface area contributed by atoms with Gasteiger partial charge in [0, 0.05) is 26.0 Å². The van der Waals surface area contributed by atoms with Crippen molar-refractivity contribution in [2.75, 3.05) is 6.54 Å². The Hall–Kier alpha value is -3.40. The fraction of sp³-hybridized carbons (Fsp3) is 0.286. The van der Waals surface area contributed by atoms with Crippen molar-refractivity contribution in [3.63, 3.8) is 0 Å². The van der Waals surface area contributed by atoms with Crippen molar-refractivity contribution in [1.29, 1.82) is 0 Å². The average molecular weight is 432 g/mol. The molecule has 162 valence electrons. The molecule has 10 heteroatoms. The van der Waals surface area contributed by atoms with Gasteiger partial charge in [-0.25, -0.2) is 4.98 Å². The van der Waals surface area contributed by atoms with Gasteiger partial charge in [-0.2, -0.15) is 18.3 Å². The Labute approximate surface area is 175 Å². The normalized spacial score (nSPS) is 14.9. The number of carbonyl (C=O) groups is 1. The number of aromatic nitrogens is 3. The van der Waals surface area contributed by atoms with Crippen LogP contribution in [-0.2, 0) is 13.2 Å². The minimum atomic E-state index is -4.45. The molecule has 2 N–H and O–H groups in total. The van der Waals surface area contributed by atoms with E-state index < -0.39 is 23.2 Å². The number of carbonyl (C=O) groups excluding carboxylic acids is 1. The summed E-state index contributed by atoms with van der Waals surface area (Å²) in [7, 11) is 1.72. The number of aliphatic hydroxyl groups is 1. The van der Waals surface area contributed by atoms with E-state index in [9.17, 15) is 23.1 Å². The molecule has 0 aliphatic heterocycles. The van der Waals surface area contributed by atoms with Gasteiger partial charge in [-0.05, 0) is 49.2 Å². The predicted octanol–water partition coefficient (Wildman–Crippen LogP) is 3.55. The van der Waals surface area contributed by atoms with E-state index >= 15 is 0 Å². The zero-order valence-corrected chi connectivity index (χ0v) is 16.5. The van der Waals surface area contributed by atoms with E-state index in [4.69, 9.17) is 4.74 Å². The van der Waals surface area contributed by atoms with Gasteiger partial charge in [0.05, 0.1) is 28.0 Å². The topological polar surface area (TPSA) is 89.3 Å². The Morgan fingerprint density at radius 2 is 1.97 bits per heavy atom. The summed E-state index contributed by atoms with van der Waals surface area (Å²) >= 11 is 0. The standard InChI is InChI=1S/C21H19F3N4O3/c1-28-9-6-17(27-28)16-10-13(18(29)26-12-20(30)7-8-20)11-25-19(16)31-15-4-2-14(3-5-15)21(22,23)24/h2-6,9-11,30H,7-8,12H2,1H3,(H,26,29). The fourth-order valence-corrected chi connectivity index (χ4v) is 2.89. The number of nitrogens with zero attached hydrogens (tertiary/aromatic N) is 3. The van der Waals surface area contributed by atoms with Crippen molar-refractivity contribution in [2.24, 2.45) is 7.05 Å². The van der Waals surface area contributed by atoms with Crippen LogP contribution in [0.5, 0.6) is 11.6 Å². The summed E-state index contributed by atoms with van der Waals surface area (Å²) < 4.78 is 45.6. The van der Waals surface area contributed by atoms with Gasteiger partial charge in [-0.1, -0.05) is 0 Å². The number of pyridine rings is 1. The first-order valence-corrected chi connectivity index (χ1v) is 9.49. The van der Waals surface area contributed by atoms with Crippen LogP contribution in [0.3, 0.4) is 0 Å². The van der Waals surface area contributed by atoms with Gasteiger partial charge in [0.2, 0.25) is 5.88 Å². The van der Waals surface area contributed by atoms with E-state index in [2.05, 4.69) is 15.4 Å². The predicted molar refractivity (Wildman–Crippen MR) is 104 cm³/mol. The number of amides is 1. The first-order chi connectivity index (χ1) is 14.6. The molecule has 31 heavy (non-hydrogen) atoms. The summed E-state index contributed by atoms with van der Waals surface area (Å²) in [5, 5.41) is 16.9. The molecule has 0 radical (unpaired) electrons. The fourth-order valence-electron chi connectivity index (χ4n) is 2.89. The van der Waals surface area contributed by atoms with E-state index in [1.165, 1.54) is 18.3 Å². The van der Waals surface area contributed by atoms with Crippen molar-refractivity contribution in [3.8, 4) is 22.9 Å². The maximum Gasteiger partial charge on any atom is 0.416 e. The highest BCUT2D eigenvalue weighted by molar-refractivity contribution is 5.95. The first-order valence-electron chi connectivity index (χ1n) is 9.49. The van der Waals surface area contributed by atoms with Crippen LogP contribution in [0, 0.1) is 0 Å². The number of rotatable bonds is 6. The summed E-state index contributed by atoms with van der Waals surface area (Å²) in [6, 6.07) is 7.47. The lowest BCUT2D eigenvalue weighted by Crippen LogP contribution is -2.33. The molecule has 0 bridgehead atoms. The second kappa shape index (κ2) is 7.69. The molecule has 1 amide bonds. The van der Waals surface area contributed by atoms with Gasteiger partial charge in [-0.3, -0.25) is 9.48 Å². The highest BCUT2D eigenvalue weighted by Crippen LogP contribution is 2.35. The molecule has 1 fully saturated rings. The SMILES string of the molecule is Cn1ccc(-c2cc(C(=O)NCC3(O)CC3)cnc2Oc2ccc(C(F)(F)F)cc2)n1. The average Bonchev–Trinajstić information content (AvgIpc) is 3.31. The maximum absolute atomic E-state index is 12.8. The van der Waals surface area contributed by atoms with Gasteiger partial charge in [0.25, 0.3) is 5.91 Å². The Morgan fingerprint density at radius 1 is 1.26 bits per heavy atom. The van der Waals surface area contributed by atoms with Gasteiger partial charge in [-0.15, -0.1) is 0 Å². The molecule has 1 aromatic carbocycles. The van der Waals surface area contributed by atoms with Gasteiger partial charge >= 0.3 is 6.18 Å². The van der Waals surface area contributed by atoms with E-state index in [-0.39, 0.29) is 23.7 Å². The number of benzene rings is 1. The van der Waals surface area contributed by atoms with Crippen molar-refractivity contribution >= 4 is 5.91 Å². The molecule has 1 saturated carbocycles. The number of halogens is 3. The zero-order chi connectivity index (χ0) is 22.2. The van der Waals surface area contributed by atoms with E-state index in [1.54, 1.807) is 30.1 Å². The molecule has 3 aromatic rings. The third kappa shape index (κ3) is 4.85. The smallest absolute Gasteiger partial charge is 0.416 e. The Balaban J connectivity index is 1.61. The Bertz CT molecular complexity index is 1110. The van der Waals surface area contributed by atoms with Gasteiger partial charge in [0.1, 0.15) is 5.75 Å². The summed E-state index contributed by atoms with van der Waals surface area (Å²) in [4.78, 5) is 16.7. The minimum absolute atomic E-state index is 0.0934. The first kappa shape index (κ1) is 20.9. The van der Waals surface area contributed by atoms with Crippen molar-refractivity contribution in [1.82, 2.24) is 20.1 Å². The lowest BCUT2D eigenvalue weighted by Gasteiger charge is -2.13. The lowest BCUT2D eigenvalue weighted by atomic mass is 10.1. The van der Waals surface area contributed by atoms with Crippen LogP contribution in [0.1, 0.15) is 28.8 Å². The third-order valence-corrected chi connectivity index (χ3v) is 4.90. The Kier molecular flexibility index (Phi) is 5.18. The number of hydrogen-bond donors (Lipinski definition) is 2. The zero-order valence-electron chi connectivity index (χ0n) is 16.5. The third-order valence-electron chi connectivity index (χ3n) is 4.90. The number of aryl methyl sites for hydroxylation is 1. The van der Waals surface area contributed by atoms with Crippen LogP contribution >= 0.6 is 0 Å². The van der Waals surface area contributed by atoms with Crippen LogP contribution in [0.15, 0.2) is 48.8 Å². The second-order valence-corrected chi connectivity index (χ2v) is 7.48. The van der Waals surface area contributed by atoms with Crippen LogP contribution in [-0.4, -0.2) is 37.9 Å². The van der Waals surface area contributed by atoms with Crippen LogP contribution in [0.4, 0.5) is 13.2 Å². The summed E-state index contributed by atoms with van der Waals surface area (Å²) in [5.41, 5.74) is -0.504. The highest BCUT2D eigenvalue weighted by atomic mass is 19.4. The van der Waals surface area contributed by atoms with Crippen LogP contribution in [0.2, 0.25) is 0 Å². The van der Waals surface area contributed by atoms with E-state index in [0.29, 0.717) is 24.1 Å². The lowest BCUT2D eigenvalue weighted by molar-refractivity contribution is -0.137. The van der Waals surface area contributed by atoms with Crippen LogP contribution < -0.4 is 10.1 Å². The summed E-state index contributed by atoms with van der Waals surface area (Å²) in [5.74, 6) is -0.159. The molecule has 2 heterocycles. The van der Waals surface area contributed by atoms with E-state index in [0.717, 1.165) is 12.1 Å². The van der Waals surface area contributed by atoms with Crippen LogP contribution in [0.25, 0.3) is 11.3 Å². The summed E-state index contributed by atoms with van der Waals surface area (Å²) in [6.07, 6.45) is -0.154. The molecule has 7 nitrogen and oxygen atoms in total. The van der Waals surface area contributed by atoms with Gasteiger partial charge < -0.3 is 15.2 Å².